The van der Waals surface area contributed by atoms with Gasteiger partial charge in [-0.3, -0.25) is 4.84 Å². The number of amides is 1. The number of thiazole rings is 1. The summed E-state index contributed by atoms with van der Waals surface area (Å²) in [6.45, 7) is 2.14. The highest BCUT2D eigenvalue weighted by molar-refractivity contribution is 7.15. The predicted octanol–water partition coefficient (Wildman–Crippen LogP) is 3.75. The molecule has 1 heterocycles. The van der Waals surface area contributed by atoms with Gasteiger partial charge in [0, 0.05) is 11.5 Å². The molecule has 6 nitrogen and oxygen atoms in total. The maximum absolute atomic E-state index is 10.6. The van der Waals surface area contributed by atoms with E-state index in [-0.39, 0.29) is 5.84 Å². The third-order valence-corrected chi connectivity index (χ3v) is 5.68. The normalized spacial score (nSPS) is 15.5. The highest BCUT2D eigenvalue weighted by Gasteiger charge is 2.24. The zero-order valence-electron chi connectivity index (χ0n) is 14.2. The highest BCUT2D eigenvalue weighted by Crippen LogP contribution is 2.41. The molecular formula is C18H22N4O2S. The minimum Gasteiger partial charge on any atom is -0.380 e. The second kappa shape index (κ2) is 7.65. The molecule has 0 radical (unpaired) electrons. The Bertz CT molecular complexity index is 777. The molecule has 1 aromatic carbocycles. The van der Waals surface area contributed by atoms with E-state index in [0.29, 0.717) is 11.5 Å². The third-order valence-electron chi connectivity index (χ3n) is 4.42. The van der Waals surface area contributed by atoms with Crippen LogP contribution in [0.5, 0.6) is 0 Å². The first-order chi connectivity index (χ1) is 12.1. The molecule has 25 heavy (non-hydrogen) atoms. The van der Waals surface area contributed by atoms with Crippen LogP contribution in [0.1, 0.15) is 54.8 Å². The Labute approximate surface area is 150 Å². The van der Waals surface area contributed by atoms with E-state index in [2.05, 4.69) is 16.9 Å². The Hall–Kier alpha value is -2.41. The number of rotatable bonds is 5. The lowest BCUT2D eigenvalue weighted by atomic mass is 9.99. The van der Waals surface area contributed by atoms with E-state index in [1.165, 1.54) is 41.3 Å². The number of nitrogens with zero attached hydrogens (tertiary/aromatic N) is 2. The number of nitrogens with two attached hydrogens (primary N) is 2. The Morgan fingerprint density at radius 1 is 1.28 bits per heavy atom. The topological polar surface area (TPSA) is 104 Å². The molecule has 0 aliphatic heterocycles. The Kier molecular flexibility index (Phi) is 5.33. The smallest absolute Gasteiger partial charge is 0.380 e. The van der Waals surface area contributed by atoms with Crippen LogP contribution >= 0.6 is 11.3 Å². The minimum absolute atomic E-state index is 0.111. The second-order valence-corrected chi connectivity index (χ2v) is 7.20. The fourth-order valence-corrected chi connectivity index (χ4v) is 4.25. The van der Waals surface area contributed by atoms with Gasteiger partial charge in [-0.05, 0) is 24.8 Å². The Balaban J connectivity index is 1.88. The van der Waals surface area contributed by atoms with Crippen molar-refractivity contribution < 1.29 is 9.63 Å². The highest BCUT2D eigenvalue weighted by atomic mass is 32.1. The molecule has 1 aliphatic rings. The van der Waals surface area contributed by atoms with Crippen molar-refractivity contribution in [3.05, 3.63) is 40.5 Å². The van der Waals surface area contributed by atoms with Crippen LogP contribution in [0, 0.1) is 0 Å². The summed E-state index contributed by atoms with van der Waals surface area (Å²) in [6.07, 6.45) is 4.98. The van der Waals surface area contributed by atoms with Gasteiger partial charge in [0.2, 0.25) is 0 Å². The van der Waals surface area contributed by atoms with Crippen molar-refractivity contribution in [3.63, 3.8) is 0 Å². The molecule has 0 spiro atoms. The van der Waals surface area contributed by atoms with E-state index < -0.39 is 6.09 Å². The number of carbonyl (C=O) groups is 1. The predicted molar refractivity (Wildman–Crippen MR) is 99.5 cm³/mol. The molecule has 3 rings (SSSR count). The van der Waals surface area contributed by atoms with Gasteiger partial charge in [0.1, 0.15) is 0 Å². The molecule has 132 valence electrons. The van der Waals surface area contributed by atoms with Gasteiger partial charge in [-0.1, -0.05) is 49.2 Å². The lowest BCUT2D eigenvalue weighted by molar-refractivity contribution is 0.161. The summed E-state index contributed by atoms with van der Waals surface area (Å²) in [7, 11) is 0. The first-order valence-electron chi connectivity index (χ1n) is 8.48. The molecule has 1 aromatic heterocycles. The van der Waals surface area contributed by atoms with Crippen molar-refractivity contribution in [1.29, 1.82) is 0 Å². The summed E-state index contributed by atoms with van der Waals surface area (Å²) in [4.78, 5) is 21.1. The van der Waals surface area contributed by atoms with Crippen LogP contribution in [-0.4, -0.2) is 16.9 Å². The quantitative estimate of drug-likeness (QED) is 0.368. The van der Waals surface area contributed by atoms with E-state index >= 15 is 0 Å². The van der Waals surface area contributed by atoms with Gasteiger partial charge in [-0.15, -0.1) is 11.3 Å². The molecule has 0 unspecified atom stereocenters. The number of benzene rings is 1. The van der Waals surface area contributed by atoms with E-state index in [0.717, 1.165) is 12.0 Å². The summed E-state index contributed by atoms with van der Waals surface area (Å²) >= 11 is 1.77. The third kappa shape index (κ3) is 3.99. The van der Waals surface area contributed by atoms with Gasteiger partial charge in [-0.2, -0.15) is 0 Å². The first kappa shape index (κ1) is 17.4. The average molecular weight is 358 g/mol. The molecule has 1 saturated carbocycles. The monoisotopic (exact) mass is 358 g/mol. The van der Waals surface area contributed by atoms with Gasteiger partial charge >= 0.3 is 6.09 Å². The van der Waals surface area contributed by atoms with Crippen molar-refractivity contribution in [2.24, 2.45) is 16.6 Å². The van der Waals surface area contributed by atoms with Crippen LogP contribution < -0.4 is 11.5 Å². The number of hydrogen-bond donors (Lipinski definition) is 2. The molecule has 1 aliphatic carbocycles. The fraction of sp³-hybridized carbons (Fsp3) is 0.389. The van der Waals surface area contributed by atoms with Gasteiger partial charge in [0.15, 0.2) is 5.84 Å². The number of oxime groups is 1. The number of amidine groups is 1. The van der Waals surface area contributed by atoms with Gasteiger partial charge in [-0.25, -0.2) is 9.78 Å². The maximum atomic E-state index is 10.6. The number of aryl methyl sites for hydroxylation is 1. The SMILES string of the molecule is CCc1nc(C2CCCC2)c(-c2ccc(/C(N)=N/OC(N)=O)cc2)s1. The summed E-state index contributed by atoms with van der Waals surface area (Å²) < 4.78 is 0. The van der Waals surface area contributed by atoms with Crippen LogP contribution in [0.25, 0.3) is 10.4 Å². The number of hydrogen-bond acceptors (Lipinski definition) is 5. The number of aromatic nitrogens is 1. The zero-order valence-corrected chi connectivity index (χ0v) is 15.0. The summed E-state index contributed by atoms with van der Waals surface area (Å²) in [5, 5.41) is 4.68. The molecule has 0 saturated heterocycles. The van der Waals surface area contributed by atoms with Crippen molar-refractivity contribution >= 4 is 23.3 Å². The molecule has 2 aromatic rings. The molecule has 4 N–H and O–H groups in total. The lowest BCUT2D eigenvalue weighted by Gasteiger charge is -2.09. The second-order valence-electron chi connectivity index (χ2n) is 6.12. The van der Waals surface area contributed by atoms with Crippen LogP contribution in [0.2, 0.25) is 0 Å². The molecule has 1 fully saturated rings. The minimum atomic E-state index is -0.988. The van der Waals surface area contributed by atoms with Crippen LogP contribution in [-0.2, 0) is 11.3 Å². The standard InChI is InChI=1S/C18H22N4O2S/c1-2-14-21-15(11-5-3-4-6-11)16(25-14)12-7-9-13(10-8-12)17(19)22-24-18(20)23/h7-11H,2-6H2,1H3,(H2,19,22)(H2,20,23). The zero-order chi connectivity index (χ0) is 17.8. The lowest BCUT2D eigenvalue weighted by Crippen LogP contribution is -2.17. The molecule has 7 heteroatoms. The molecular weight excluding hydrogens is 336 g/mol. The summed E-state index contributed by atoms with van der Waals surface area (Å²) in [5.74, 6) is 0.682. The van der Waals surface area contributed by atoms with Crippen molar-refractivity contribution in [2.45, 2.75) is 44.9 Å². The number of carbonyl (C=O) groups excluding carboxylic acids is 1. The summed E-state index contributed by atoms with van der Waals surface area (Å²) in [5.41, 5.74) is 13.7. The van der Waals surface area contributed by atoms with Gasteiger partial charge < -0.3 is 11.5 Å². The Morgan fingerprint density at radius 2 is 1.96 bits per heavy atom. The fourth-order valence-electron chi connectivity index (χ4n) is 3.15. The largest absolute Gasteiger partial charge is 0.430 e. The maximum Gasteiger partial charge on any atom is 0.430 e. The average Bonchev–Trinajstić information content (AvgIpc) is 3.28. The van der Waals surface area contributed by atoms with E-state index in [1.807, 2.05) is 24.3 Å². The van der Waals surface area contributed by atoms with Crippen LogP contribution in [0.3, 0.4) is 0 Å². The van der Waals surface area contributed by atoms with Crippen LogP contribution in [0.4, 0.5) is 4.79 Å². The van der Waals surface area contributed by atoms with Crippen molar-refractivity contribution in [1.82, 2.24) is 4.98 Å². The van der Waals surface area contributed by atoms with E-state index in [9.17, 15) is 4.79 Å². The van der Waals surface area contributed by atoms with Crippen molar-refractivity contribution in [2.75, 3.05) is 0 Å². The van der Waals surface area contributed by atoms with Gasteiger partial charge in [0.25, 0.3) is 0 Å². The summed E-state index contributed by atoms with van der Waals surface area (Å²) in [6, 6.07) is 7.74. The van der Waals surface area contributed by atoms with Gasteiger partial charge in [0.05, 0.1) is 15.6 Å². The Morgan fingerprint density at radius 3 is 2.56 bits per heavy atom. The van der Waals surface area contributed by atoms with Crippen molar-refractivity contribution in [3.8, 4) is 10.4 Å². The van der Waals surface area contributed by atoms with E-state index in [1.54, 1.807) is 11.3 Å². The molecule has 0 bridgehead atoms. The van der Waals surface area contributed by atoms with E-state index in [4.69, 9.17) is 16.5 Å². The first-order valence-corrected chi connectivity index (χ1v) is 9.30. The number of primary amides is 1. The van der Waals surface area contributed by atoms with Crippen LogP contribution in [0.15, 0.2) is 29.4 Å². The molecule has 0 atom stereocenters. The molecule has 1 amide bonds.